The maximum Gasteiger partial charge on any atom is 0.255 e. The van der Waals surface area contributed by atoms with Gasteiger partial charge in [-0.2, -0.15) is 0 Å². The Morgan fingerprint density at radius 1 is 1.00 bits per heavy atom. The molecular formula is C24H27N3O2. The van der Waals surface area contributed by atoms with E-state index in [2.05, 4.69) is 42.1 Å². The third-order valence-electron chi connectivity index (χ3n) is 5.60. The second-order valence-corrected chi connectivity index (χ2v) is 8.29. The van der Waals surface area contributed by atoms with Crippen LogP contribution >= 0.6 is 0 Å². The first-order valence-electron chi connectivity index (χ1n) is 10.2. The molecule has 0 unspecified atom stereocenters. The second-order valence-electron chi connectivity index (χ2n) is 8.29. The molecule has 0 atom stereocenters. The Morgan fingerprint density at radius 2 is 1.79 bits per heavy atom. The first-order chi connectivity index (χ1) is 13.8. The third-order valence-corrected chi connectivity index (χ3v) is 5.60. The molecule has 1 aromatic carbocycles. The number of nitrogens with zero attached hydrogens (tertiary/aromatic N) is 2. The van der Waals surface area contributed by atoms with Crippen molar-refractivity contribution in [3.05, 3.63) is 70.3 Å². The highest BCUT2D eigenvalue weighted by molar-refractivity contribution is 6.02. The number of hydrogen-bond donors (Lipinski definition) is 1. The fraction of sp³-hybridized carbons (Fsp3) is 0.333. The first-order valence-corrected chi connectivity index (χ1v) is 10.2. The van der Waals surface area contributed by atoms with E-state index in [1.165, 1.54) is 0 Å². The number of H-pyrrole nitrogens is 1. The Balaban J connectivity index is 1.73. The van der Waals surface area contributed by atoms with Gasteiger partial charge in [0.1, 0.15) is 0 Å². The zero-order chi connectivity index (χ0) is 20.7. The molecule has 1 amide bonds. The fourth-order valence-corrected chi connectivity index (χ4v) is 4.05. The van der Waals surface area contributed by atoms with Gasteiger partial charge in [0.2, 0.25) is 5.91 Å². The Morgan fingerprint density at radius 3 is 2.52 bits per heavy atom. The average Bonchev–Trinajstić information content (AvgIpc) is 3.03. The van der Waals surface area contributed by atoms with Gasteiger partial charge >= 0.3 is 0 Å². The van der Waals surface area contributed by atoms with Crippen LogP contribution < -0.4 is 10.5 Å². The number of carbonyl (C=O) groups excluding carboxylic acids is 1. The summed E-state index contributed by atoms with van der Waals surface area (Å²) in [6.45, 7) is 9.25. The number of fused-ring (bicyclic) bond motifs is 1. The van der Waals surface area contributed by atoms with Crippen LogP contribution in [0.25, 0.3) is 16.7 Å². The number of hydrogen-bond acceptors (Lipinski definition) is 3. The van der Waals surface area contributed by atoms with Gasteiger partial charge in [0.15, 0.2) is 0 Å². The van der Waals surface area contributed by atoms with Crippen molar-refractivity contribution in [2.45, 2.75) is 46.2 Å². The summed E-state index contributed by atoms with van der Waals surface area (Å²) < 4.78 is 0. The lowest BCUT2D eigenvalue weighted by Gasteiger charge is -2.27. The van der Waals surface area contributed by atoms with Crippen molar-refractivity contribution < 1.29 is 4.79 Å². The summed E-state index contributed by atoms with van der Waals surface area (Å²) in [4.78, 5) is 31.9. The Kier molecular flexibility index (Phi) is 4.91. The van der Waals surface area contributed by atoms with Crippen LogP contribution in [0.15, 0.2) is 53.6 Å². The van der Waals surface area contributed by atoms with Gasteiger partial charge in [-0.25, -0.2) is 0 Å². The summed E-state index contributed by atoms with van der Waals surface area (Å²) in [6.07, 6.45) is 8.53. The Labute approximate surface area is 171 Å². The van der Waals surface area contributed by atoms with Crippen LogP contribution in [0.1, 0.15) is 38.8 Å². The number of pyridine rings is 1. The second kappa shape index (κ2) is 7.39. The summed E-state index contributed by atoms with van der Waals surface area (Å²) in [6, 6.07) is 8.35. The highest BCUT2D eigenvalue weighted by atomic mass is 16.2. The van der Waals surface area contributed by atoms with E-state index in [4.69, 9.17) is 0 Å². The highest BCUT2D eigenvalue weighted by Crippen LogP contribution is 2.34. The molecule has 1 N–H and O–H groups in total. The van der Waals surface area contributed by atoms with E-state index in [9.17, 15) is 9.59 Å². The molecule has 0 bridgehead atoms. The number of anilines is 1. The molecule has 0 aliphatic carbocycles. The number of allylic oxidation sites excluding steroid dienone is 2. The van der Waals surface area contributed by atoms with Crippen molar-refractivity contribution in [2.24, 2.45) is 0 Å². The van der Waals surface area contributed by atoms with E-state index in [0.29, 0.717) is 18.0 Å². The average molecular weight is 389 g/mol. The van der Waals surface area contributed by atoms with Gasteiger partial charge in [0.25, 0.3) is 5.56 Å². The maximum absolute atomic E-state index is 12.6. The number of aromatic amines is 1. The molecule has 29 heavy (non-hydrogen) atoms. The van der Waals surface area contributed by atoms with Gasteiger partial charge in [0.05, 0.1) is 6.42 Å². The fourth-order valence-electron chi connectivity index (χ4n) is 4.05. The van der Waals surface area contributed by atoms with E-state index in [1.54, 1.807) is 6.20 Å². The van der Waals surface area contributed by atoms with Crippen LogP contribution in [-0.2, 0) is 11.2 Å². The molecular weight excluding hydrogens is 362 g/mol. The quantitative estimate of drug-likeness (QED) is 0.861. The predicted molar refractivity (Wildman–Crippen MR) is 118 cm³/mol. The van der Waals surface area contributed by atoms with Crippen LogP contribution in [0.3, 0.4) is 0 Å². The van der Waals surface area contributed by atoms with Crippen LogP contribution in [0.5, 0.6) is 0 Å². The molecule has 5 heteroatoms. The molecule has 0 saturated carbocycles. The van der Waals surface area contributed by atoms with E-state index in [1.807, 2.05) is 43.0 Å². The molecule has 2 aliphatic heterocycles. The Bertz CT molecular complexity index is 1080. The minimum atomic E-state index is -0.125. The monoisotopic (exact) mass is 389 g/mol. The number of benzene rings is 1. The van der Waals surface area contributed by atoms with Crippen LogP contribution in [0.4, 0.5) is 5.69 Å². The van der Waals surface area contributed by atoms with Gasteiger partial charge in [0, 0.05) is 47.8 Å². The minimum Gasteiger partial charge on any atom is -0.371 e. The lowest BCUT2D eigenvalue weighted by atomic mass is 9.98. The van der Waals surface area contributed by atoms with Crippen LogP contribution in [0.2, 0.25) is 0 Å². The molecule has 0 saturated heterocycles. The summed E-state index contributed by atoms with van der Waals surface area (Å²) >= 11 is 0. The first kappa shape index (κ1) is 19.2. The topological polar surface area (TPSA) is 56.4 Å². The highest BCUT2D eigenvalue weighted by Gasteiger charge is 2.29. The van der Waals surface area contributed by atoms with E-state index >= 15 is 0 Å². The smallest absolute Gasteiger partial charge is 0.255 e. The summed E-state index contributed by atoms with van der Waals surface area (Å²) in [5.41, 5.74) is 5.31. The molecule has 0 radical (unpaired) electrons. The van der Waals surface area contributed by atoms with Crippen molar-refractivity contribution in [1.29, 1.82) is 0 Å². The molecule has 0 fully saturated rings. The maximum atomic E-state index is 12.6. The van der Waals surface area contributed by atoms with Crippen LogP contribution in [0, 0.1) is 0 Å². The third kappa shape index (κ3) is 3.53. The zero-order valence-corrected chi connectivity index (χ0v) is 17.4. The summed E-state index contributed by atoms with van der Waals surface area (Å²) in [5.74, 6) is 0.112. The largest absolute Gasteiger partial charge is 0.371 e. The predicted octanol–water partition coefficient (Wildman–Crippen LogP) is 3.96. The van der Waals surface area contributed by atoms with Gasteiger partial charge in [-0.3, -0.25) is 9.59 Å². The van der Waals surface area contributed by atoms with Gasteiger partial charge < -0.3 is 14.8 Å². The van der Waals surface area contributed by atoms with E-state index in [0.717, 1.165) is 34.5 Å². The zero-order valence-electron chi connectivity index (χ0n) is 17.4. The standard InChI is InChI=1S/C24H27N3O2/c1-15(2)26-9-5-6-18(14-26)20-11-21(24(29)25-13-20)17-7-8-22-19(10-17)12-23(28)27(22)16(3)4/h5-8,10-11,13-16H,9,12H2,1-4H3,(H,25,29). The molecule has 0 spiro atoms. The van der Waals surface area contributed by atoms with Crippen molar-refractivity contribution in [2.75, 3.05) is 11.4 Å². The van der Waals surface area contributed by atoms with Gasteiger partial charge in [-0.05, 0) is 62.6 Å². The lowest BCUT2D eigenvalue weighted by molar-refractivity contribution is -0.117. The van der Waals surface area contributed by atoms with Crippen molar-refractivity contribution >= 4 is 17.2 Å². The SMILES string of the molecule is CC(C)N1C=C(c2c[nH]c(=O)c(-c3ccc4c(c3)CC(=O)N4C(C)C)c2)C=CC1. The Hall–Kier alpha value is -3.08. The lowest BCUT2D eigenvalue weighted by Crippen LogP contribution is -2.33. The number of carbonyl (C=O) groups is 1. The van der Waals surface area contributed by atoms with Crippen molar-refractivity contribution in [3.8, 4) is 11.1 Å². The van der Waals surface area contributed by atoms with E-state index < -0.39 is 0 Å². The number of aromatic nitrogens is 1. The minimum absolute atomic E-state index is 0.112. The number of nitrogens with one attached hydrogen (secondary N) is 1. The van der Waals surface area contributed by atoms with Crippen molar-refractivity contribution in [3.63, 3.8) is 0 Å². The number of rotatable bonds is 4. The molecule has 5 nitrogen and oxygen atoms in total. The molecule has 2 aromatic rings. The molecule has 3 heterocycles. The summed E-state index contributed by atoms with van der Waals surface area (Å²) in [5, 5.41) is 0. The molecule has 150 valence electrons. The molecule has 4 rings (SSSR count). The van der Waals surface area contributed by atoms with E-state index in [-0.39, 0.29) is 17.5 Å². The summed E-state index contributed by atoms with van der Waals surface area (Å²) in [7, 11) is 0. The van der Waals surface area contributed by atoms with Gasteiger partial charge in [-0.1, -0.05) is 18.2 Å². The van der Waals surface area contributed by atoms with Gasteiger partial charge in [-0.15, -0.1) is 0 Å². The molecule has 2 aliphatic rings. The van der Waals surface area contributed by atoms with Crippen LogP contribution in [-0.4, -0.2) is 34.4 Å². The number of amides is 1. The van der Waals surface area contributed by atoms with Crippen molar-refractivity contribution in [1.82, 2.24) is 9.88 Å². The molecule has 1 aromatic heterocycles. The normalized spacial score (nSPS) is 16.1.